The summed E-state index contributed by atoms with van der Waals surface area (Å²) in [4.78, 5) is 39.0. The van der Waals surface area contributed by atoms with E-state index in [0.29, 0.717) is 5.69 Å². The van der Waals surface area contributed by atoms with Crippen LogP contribution in [0.5, 0.6) is 0 Å². The summed E-state index contributed by atoms with van der Waals surface area (Å²) < 4.78 is 1.77. The van der Waals surface area contributed by atoms with Crippen LogP contribution in [-0.4, -0.2) is 38.9 Å². The third kappa shape index (κ3) is 3.21. The van der Waals surface area contributed by atoms with Crippen molar-refractivity contribution in [2.24, 2.45) is 11.8 Å². The number of hydrogen-bond acceptors (Lipinski definition) is 4. The lowest BCUT2D eigenvalue weighted by Crippen LogP contribution is -2.38. The molecule has 4 rings (SSSR count). The number of rotatable bonds is 4. The molecule has 7 heteroatoms. The van der Waals surface area contributed by atoms with E-state index in [1.807, 2.05) is 38.1 Å². The molecule has 1 aliphatic heterocycles. The summed E-state index contributed by atoms with van der Waals surface area (Å²) >= 11 is 0. The lowest BCUT2D eigenvalue weighted by Gasteiger charge is -2.19. The molecule has 0 unspecified atom stereocenters. The van der Waals surface area contributed by atoms with E-state index in [0.717, 1.165) is 47.7 Å². The van der Waals surface area contributed by atoms with Gasteiger partial charge in [0, 0.05) is 5.69 Å². The number of anilines is 1. The van der Waals surface area contributed by atoms with Gasteiger partial charge in [0.15, 0.2) is 0 Å². The van der Waals surface area contributed by atoms with Crippen LogP contribution in [0, 0.1) is 25.7 Å². The van der Waals surface area contributed by atoms with Crippen LogP contribution in [0.2, 0.25) is 0 Å². The first kappa shape index (κ1) is 18.4. The van der Waals surface area contributed by atoms with Crippen molar-refractivity contribution in [2.45, 2.75) is 39.5 Å². The maximum absolute atomic E-state index is 12.7. The molecule has 3 amide bonds. The molecule has 1 aliphatic carbocycles. The highest BCUT2D eigenvalue weighted by atomic mass is 16.2. The van der Waals surface area contributed by atoms with Gasteiger partial charge in [0.25, 0.3) is 0 Å². The van der Waals surface area contributed by atoms with Crippen molar-refractivity contribution in [1.29, 1.82) is 0 Å². The third-order valence-corrected chi connectivity index (χ3v) is 5.65. The summed E-state index contributed by atoms with van der Waals surface area (Å²) in [6.45, 7) is 3.62. The van der Waals surface area contributed by atoms with Crippen molar-refractivity contribution in [3.8, 4) is 5.69 Å². The van der Waals surface area contributed by atoms with Gasteiger partial charge in [-0.1, -0.05) is 25.0 Å². The molecular formula is C21H24N4O3. The molecule has 1 saturated carbocycles. The van der Waals surface area contributed by atoms with Gasteiger partial charge in [0.2, 0.25) is 17.7 Å². The average Bonchev–Trinajstić information content (AvgIpc) is 3.14. The normalized spacial score (nSPS) is 21.7. The van der Waals surface area contributed by atoms with Gasteiger partial charge in [-0.05, 0) is 44.9 Å². The number of carbonyl (C=O) groups excluding carboxylic acids is 3. The molecule has 2 aromatic rings. The van der Waals surface area contributed by atoms with Gasteiger partial charge >= 0.3 is 0 Å². The van der Waals surface area contributed by atoms with Crippen LogP contribution in [0.3, 0.4) is 0 Å². The predicted molar refractivity (Wildman–Crippen MR) is 104 cm³/mol. The van der Waals surface area contributed by atoms with Crippen molar-refractivity contribution in [1.82, 2.24) is 14.7 Å². The molecule has 0 bridgehead atoms. The van der Waals surface area contributed by atoms with Gasteiger partial charge in [0.05, 0.1) is 28.9 Å². The topological polar surface area (TPSA) is 84.3 Å². The van der Waals surface area contributed by atoms with Crippen molar-refractivity contribution in [3.05, 3.63) is 41.7 Å². The van der Waals surface area contributed by atoms with Crippen molar-refractivity contribution < 1.29 is 14.4 Å². The fraction of sp³-hybridized carbons (Fsp3) is 0.429. The van der Waals surface area contributed by atoms with Crippen LogP contribution >= 0.6 is 0 Å². The van der Waals surface area contributed by atoms with Crippen molar-refractivity contribution in [2.75, 3.05) is 11.9 Å². The number of imide groups is 1. The molecule has 1 saturated heterocycles. The quantitative estimate of drug-likeness (QED) is 0.827. The number of likely N-dealkylation sites (tertiary alicyclic amines) is 1. The maximum atomic E-state index is 12.7. The minimum atomic E-state index is -0.380. The highest BCUT2D eigenvalue weighted by Gasteiger charge is 2.48. The lowest BCUT2D eigenvalue weighted by atomic mass is 9.81. The van der Waals surface area contributed by atoms with Gasteiger partial charge in [0.1, 0.15) is 6.54 Å². The second-order valence-electron chi connectivity index (χ2n) is 7.66. The molecule has 2 heterocycles. The summed E-state index contributed by atoms with van der Waals surface area (Å²) in [5, 5.41) is 7.32. The Hall–Kier alpha value is -2.96. The fourth-order valence-electron chi connectivity index (χ4n) is 4.36. The number of carbonyl (C=O) groups is 3. The Morgan fingerprint density at radius 3 is 2.36 bits per heavy atom. The van der Waals surface area contributed by atoms with Gasteiger partial charge in [-0.2, -0.15) is 5.10 Å². The van der Waals surface area contributed by atoms with Crippen LogP contribution in [0.15, 0.2) is 30.3 Å². The zero-order chi connectivity index (χ0) is 19.8. The summed E-state index contributed by atoms with van der Waals surface area (Å²) in [5.74, 6) is -1.25. The van der Waals surface area contributed by atoms with Crippen LogP contribution in [-0.2, 0) is 14.4 Å². The minimum absolute atomic E-state index is 0.198. The number of aromatic nitrogens is 2. The van der Waals surface area contributed by atoms with Gasteiger partial charge in [-0.3, -0.25) is 19.3 Å². The van der Waals surface area contributed by atoms with Crippen LogP contribution in [0.25, 0.3) is 5.69 Å². The lowest BCUT2D eigenvalue weighted by molar-refractivity contribution is -0.142. The first-order valence-electron chi connectivity index (χ1n) is 9.73. The Morgan fingerprint density at radius 1 is 1.11 bits per heavy atom. The van der Waals surface area contributed by atoms with E-state index in [1.54, 1.807) is 10.7 Å². The minimum Gasteiger partial charge on any atom is -0.323 e. The first-order chi connectivity index (χ1) is 13.5. The average molecular weight is 380 g/mol. The molecule has 0 spiro atoms. The predicted octanol–water partition coefficient (Wildman–Crippen LogP) is 2.60. The molecule has 1 aromatic carbocycles. The Balaban J connectivity index is 1.51. The van der Waals surface area contributed by atoms with Crippen LogP contribution in [0.1, 0.15) is 37.1 Å². The molecular weight excluding hydrogens is 356 g/mol. The van der Waals surface area contributed by atoms with E-state index in [-0.39, 0.29) is 36.1 Å². The van der Waals surface area contributed by atoms with E-state index >= 15 is 0 Å². The zero-order valence-electron chi connectivity index (χ0n) is 16.1. The van der Waals surface area contributed by atoms with E-state index in [4.69, 9.17) is 0 Å². The van der Waals surface area contributed by atoms with Crippen LogP contribution < -0.4 is 5.32 Å². The van der Waals surface area contributed by atoms with Gasteiger partial charge in [-0.25, -0.2) is 4.68 Å². The number of nitrogens with zero attached hydrogens (tertiary/aromatic N) is 3. The largest absolute Gasteiger partial charge is 0.323 e. The summed E-state index contributed by atoms with van der Waals surface area (Å²) in [6.07, 6.45) is 3.43. The molecule has 1 aromatic heterocycles. The van der Waals surface area contributed by atoms with E-state index < -0.39 is 0 Å². The molecule has 146 valence electrons. The second kappa shape index (κ2) is 7.22. The van der Waals surface area contributed by atoms with E-state index in [1.165, 1.54) is 0 Å². The monoisotopic (exact) mass is 380 g/mol. The summed E-state index contributed by atoms with van der Waals surface area (Å²) in [7, 11) is 0. The fourth-order valence-corrected chi connectivity index (χ4v) is 4.36. The number of hydrogen-bond donors (Lipinski definition) is 1. The third-order valence-electron chi connectivity index (χ3n) is 5.65. The summed E-state index contributed by atoms with van der Waals surface area (Å²) in [5.41, 5.74) is 3.17. The molecule has 2 fully saturated rings. The summed E-state index contributed by atoms with van der Waals surface area (Å²) in [6, 6.07) is 9.32. The molecule has 2 aliphatic rings. The second-order valence-corrected chi connectivity index (χ2v) is 7.66. The number of nitrogens with one attached hydrogen (secondary N) is 1. The van der Waals surface area contributed by atoms with Crippen molar-refractivity contribution >= 4 is 23.4 Å². The molecule has 7 nitrogen and oxygen atoms in total. The molecule has 1 N–H and O–H groups in total. The number of benzene rings is 1. The smallest absolute Gasteiger partial charge is 0.244 e. The molecule has 2 atom stereocenters. The molecule has 28 heavy (non-hydrogen) atoms. The number of fused-ring (bicyclic) bond motifs is 1. The highest BCUT2D eigenvalue weighted by Crippen LogP contribution is 2.37. The maximum Gasteiger partial charge on any atom is 0.244 e. The number of aryl methyl sites for hydroxylation is 2. The van der Waals surface area contributed by atoms with Gasteiger partial charge < -0.3 is 5.32 Å². The standard InChI is InChI=1S/C21H24N4O3/c1-13-11-14(2)25(23-13)18-10-6-5-9-17(18)22-19(26)12-24-20(27)15-7-3-4-8-16(15)21(24)28/h5-6,9-11,15-16H,3-4,7-8,12H2,1-2H3,(H,22,26)/t15-,16+. The highest BCUT2D eigenvalue weighted by molar-refractivity contribution is 6.08. The SMILES string of the molecule is Cc1cc(C)n(-c2ccccc2NC(=O)CN2C(=O)[C@H]3CCCC[C@H]3C2=O)n1. The Bertz CT molecular complexity index is 925. The molecule has 0 radical (unpaired) electrons. The Morgan fingerprint density at radius 2 is 1.75 bits per heavy atom. The Kier molecular flexibility index (Phi) is 4.75. The number of para-hydroxylation sites is 2. The Labute approximate surface area is 163 Å². The van der Waals surface area contributed by atoms with E-state index in [9.17, 15) is 14.4 Å². The van der Waals surface area contributed by atoms with Crippen LogP contribution in [0.4, 0.5) is 5.69 Å². The first-order valence-corrected chi connectivity index (χ1v) is 9.73. The number of amides is 3. The van der Waals surface area contributed by atoms with E-state index in [2.05, 4.69) is 10.4 Å². The van der Waals surface area contributed by atoms with Gasteiger partial charge in [-0.15, -0.1) is 0 Å². The van der Waals surface area contributed by atoms with Crippen molar-refractivity contribution in [3.63, 3.8) is 0 Å². The zero-order valence-corrected chi connectivity index (χ0v) is 16.1.